The summed E-state index contributed by atoms with van der Waals surface area (Å²) in [5.41, 5.74) is 1.35. The van der Waals surface area contributed by atoms with Crippen molar-refractivity contribution in [1.82, 2.24) is 5.32 Å². The van der Waals surface area contributed by atoms with E-state index in [0.29, 0.717) is 24.2 Å². The summed E-state index contributed by atoms with van der Waals surface area (Å²) in [5, 5.41) is 2.94. The molecule has 1 N–H and O–H groups in total. The zero-order valence-electron chi connectivity index (χ0n) is 17.4. The largest absolute Gasteiger partial charge is 0.497 e. The van der Waals surface area contributed by atoms with E-state index in [9.17, 15) is 14.0 Å². The normalized spacial score (nSPS) is 17.8. The number of rotatable bonds is 5. The molecule has 0 spiro atoms. The summed E-state index contributed by atoms with van der Waals surface area (Å²) in [6.45, 7) is 2.01. The van der Waals surface area contributed by atoms with Gasteiger partial charge in [-0.2, -0.15) is 0 Å². The van der Waals surface area contributed by atoms with E-state index in [1.807, 2.05) is 36.4 Å². The summed E-state index contributed by atoms with van der Waals surface area (Å²) in [7, 11) is 1.59. The molecule has 1 aliphatic rings. The third-order valence-electron chi connectivity index (χ3n) is 5.65. The first-order chi connectivity index (χ1) is 14.9. The van der Waals surface area contributed by atoms with E-state index < -0.39 is 11.4 Å². The molecule has 0 saturated carbocycles. The average Bonchev–Trinajstić information content (AvgIpc) is 2.78. The molecule has 5 nitrogen and oxygen atoms in total. The van der Waals surface area contributed by atoms with Crippen molar-refractivity contribution in [2.24, 2.45) is 0 Å². The van der Waals surface area contributed by atoms with Crippen molar-refractivity contribution in [3.8, 4) is 5.75 Å². The number of hydrogen-bond acceptors (Lipinski definition) is 3. The number of ether oxygens (including phenoxy) is 1. The number of benzene rings is 3. The van der Waals surface area contributed by atoms with Crippen LogP contribution in [0.2, 0.25) is 0 Å². The Kier molecular flexibility index (Phi) is 5.46. The number of fused-ring (bicyclic) bond motifs is 1. The number of nitrogens with zero attached hydrogens (tertiary/aromatic N) is 1. The number of hydrogen-bond donors (Lipinski definition) is 1. The van der Waals surface area contributed by atoms with Gasteiger partial charge in [-0.3, -0.25) is 14.5 Å². The SMILES string of the molecule is COc1ccc(CNC(=O)C2(C)Cc3ccccc3C(=O)N2c2cccc(F)c2)cc1. The van der Waals surface area contributed by atoms with Crippen molar-refractivity contribution >= 4 is 17.5 Å². The number of anilines is 1. The lowest BCUT2D eigenvalue weighted by atomic mass is 9.82. The first kappa shape index (κ1) is 20.6. The van der Waals surface area contributed by atoms with Crippen LogP contribution in [-0.2, 0) is 17.8 Å². The maximum absolute atomic E-state index is 14.0. The molecule has 1 heterocycles. The van der Waals surface area contributed by atoms with Crippen LogP contribution in [0.25, 0.3) is 0 Å². The molecule has 0 aromatic heterocycles. The molecule has 1 unspecified atom stereocenters. The highest BCUT2D eigenvalue weighted by molar-refractivity contribution is 6.14. The number of nitrogens with one attached hydrogen (secondary N) is 1. The molecule has 158 valence electrons. The first-order valence-corrected chi connectivity index (χ1v) is 10.0. The van der Waals surface area contributed by atoms with Crippen molar-refractivity contribution < 1.29 is 18.7 Å². The van der Waals surface area contributed by atoms with E-state index in [1.165, 1.54) is 23.1 Å². The van der Waals surface area contributed by atoms with Crippen LogP contribution >= 0.6 is 0 Å². The van der Waals surface area contributed by atoms with Gasteiger partial charge >= 0.3 is 0 Å². The van der Waals surface area contributed by atoms with Crippen LogP contribution in [0.4, 0.5) is 10.1 Å². The number of carbonyl (C=O) groups is 2. The van der Waals surface area contributed by atoms with E-state index in [-0.39, 0.29) is 11.8 Å². The minimum atomic E-state index is -1.22. The van der Waals surface area contributed by atoms with E-state index in [2.05, 4.69) is 5.32 Å². The fourth-order valence-corrected chi connectivity index (χ4v) is 3.99. The number of methoxy groups -OCH3 is 1. The Balaban J connectivity index is 1.67. The van der Waals surface area contributed by atoms with Gasteiger partial charge in [-0.1, -0.05) is 36.4 Å². The smallest absolute Gasteiger partial charge is 0.259 e. The van der Waals surface area contributed by atoms with Crippen molar-refractivity contribution in [1.29, 1.82) is 0 Å². The Labute approximate surface area is 180 Å². The second-order valence-electron chi connectivity index (χ2n) is 7.76. The Morgan fingerprint density at radius 3 is 2.55 bits per heavy atom. The fourth-order valence-electron chi connectivity index (χ4n) is 3.99. The lowest BCUT2D eigenvalue weighted by Crippen LogP contribution is -2.63. The zero-order chi connectivity index (χ0) is 22.0. The van der Waals surface area contributed by atoms with Crippen molar-refractivity contribution in [3.63, 3.8) is 0 Å². The number of amides is 2. The Bertz CT molecular complexity index is 1130. The molecule has 0 saturated heterocycles. The highest BCUT2D eigenvalue weighted by atomic mass is 19.1. The van der Waals surface area contributed by atoms with Crippen LogP contribution in [0.3, 0.4) is 0 Å². The second kappa shape index (κ2) is 8.22. The van der Waals surface area contributed by atoms with Gasteiger partial charge in [-0.15, -0.1) is 0 Å². The standard InChI is InChI=1S/C25H23FN2O3/c1-25(24(30)27-16-17-10-12-21(31-2)13-11-17)15-18-6-3-4-9-22(18)23(29)28(25)20-8-5-7-19(26)14-20/h3-14H,15-16H2,1-2H3,(H,27,30). The first-order valence-electron chi connectivity index (χ1n) is 10.0. The van der Waals surface area contributed by atoms with E-state index in [4.69, 9.17) is 4.74 Å². The molecule has 31 heavy (non-hydrogen) atoms. The highest BCUT2D eigenvalue weighted by Gasteiger charge is 2.47. The molecule has 3 aromatic rings. The summed E-state index contributed by atoms with van der Waals surface area (Å²) >= 11 is 0. The molecule has 0 bridgehead atoms. The molecule has 1 atom stereocenters. The predicted molar refractivity (Wildman–Crippen MR) is 117 cm³/mol. The molecule has 0 radical (unpaired) electrons. The Hall–Kier alpha value is -3.67. The van der Waals surface area contributed by atoms with E-state index in [0.717, 1.165) is 16.9 Å². The summed E-state index contributed by atoms with van der Waals surface area (Å²) in [5.74, 6) is -0.371. The number of halogens is 1. The Morgan fingerprint density at radius 2 is 1.84 bits per heavy atom. The molecule has 2 amide bonds. The molecular formula is C25H23FN2O3. The minimum Gasteiger partial charge on any atom is -0.497 e. The van der Waals surface area contributed by atoms with Crippen LogP contribution in [0.1, 0.15) is 28.4 Å². The predicted octanol–water partition coefficient (Wildman–Crippen LogP) is 4.11. The number of carbonyl (C=O) groups excluding carboxylic acids is 2. The zero-order valence-corrected chi connectivity index (χ0v) is 17.4. The summed E-state index contributed by atoms with van der Waals surface area (Å²) < 4.78 is 19.1. The molecule has 0 fully saturated rings. The maximum atomic E-state index is 14.0. The molecule has 0 aliphatic carbocycles. The average molecular weight is 418 g/mol. The van der Waals surface area contributed by atoms with Gasteiger partial charge in [0, 0.05) is 24.2 Å². The second-order valence-corrected chi connectivity index (χ2v) is 7.76. The van der Waals surface area contributed by atoms with Gasteiger partial charge in [0.25, 0.3) is 5.91 Å². The quantitative estimate of drug-likeness (QED) is 0.678. The van der Waals surface area contributed by atoms with Crippen molar-refractivity contribution in [3.05, 3.63) is 95.3 Å². The van der Waals surface area contributed by atoms with Gasteiger partial charge < -0.3 is 10.1 Å². The summed E-state index contributed by atoms with van der Waals surface area (Å²) in [6, 6.07) is 20.4. The molecule has 4 rings (SSSR count). The minimum absolute atomic E-state index is 0.297. The van der Waals surface area contributed by atoms with Gasteiger partial charge in [-0.25, -0.2) is 4.39 Å². The maximum Gasteiger partial charge on any atom is 0.259 e. The van der Waals surface area contributed by atoms with E-state index in [1.54, 1.807) is 32.2 Å². The van der Waals surface area contributed by atoms with Crippen molar-refractivity contribution in [2.75, 3.05) is 12.0 Å². The van der Waals surface area contributed by atoms with E-state index >= 15 is 0 Å². The van der Waals surface area contributed by atoms with Gasteiger partial charge in [-0.05, 0) is 54.4 Å². The van der Waals surface area contributed by atoms with Gasteiger partial charge in [0.1, 0.15) is 17.1 Å². The molecular weight excluding hydrogens is 395 g/mol. The van der Waals surface area contributed by atoms with Crippen LogP contribution in [-0.4, -0.2) is 24.5 Å². The molecule has 1 aliphatic heterocycles. The van der Waals surface area contributed by atoms with Crippen LogP contribution in [0.15, 0.2) is 72.8 Å². The summed E-state index contributed by atoms with van der Waals surface area (Å²) in [6.07, 6.45) is 0.319. The van der Waals surface area contributed by atoms with Crippen LogP contribution in [0.5, 0.6) is 5.75 Å². The van der Waals surface area contributed by atoms with Gasteiger partial charge in [0.2, 0.25) is 5.91 Å². The van der Waals surface area contributed by atoms with Crippen molar-refractivity contribution in [2.45, 2.75) is 25.4 Å². The lowest BCUT2D eigenvalue weighted by Gasteiger charge is -2.44. The fraction of sp³-hybridized carbons (Fsp3) is 0.200. The topological polar surface area (TPSA) is 58.6 Å². The highest BCUT2D eigenvalue weighted by Crippen LogP contribution is 2.35. The van der Waals surface area contributed by atoms with Gasteiger partial charge in [0.15, 0.2) is 0 Å². The van der Waals surface area contributed by atoms with Crippen LogP contribution < -0.4 is 15.0 Å². The molecule has 3 aromatic carbocycles. The molecule has 6 heteroatoms. The van der Waals surface area contributed by atoms with Crippen LogP contribution in [0, 0.1) is 5.82 Å². The van der Waals surface area contributed by atoms with Gasteiger partial charge in [0.05, 0.1) is 7.11 Å². The Morgan fingerprint density at radius 1 is 1.10 bits per heavy atom. The summed E-state index contributed by atoms with van der Waals surface area (Å²) in [4.78, 5) is 28.2. The monoisotopic (exact) mass is 418 g/mol. The lowest BCUT2D eigenvalue weighted by molar-refractivity contribution is -0.126. The third-order valence-corrected chi connectivity index (χ3v) is 5.65. The third kappa shape index (κ3) is 3.89.